The number of aromatic nitrogens is 1. The van der Waals surface area contributed by atoms with Gasteiger partial charge in [-0.25, -0.2) is 0 Å². The molecule has 0 unspecified atom stereocenters. The molecule has 1 aromatic heterocycles. The number of methoxy groups -OCH3 is 1. The molecule has 2 aromatic rings. The minimum Gasteiger partial charge on any atom is -0.497 e. The molecule has 3 heteroatoms. The molecular formula is C14H20N2O. The smallest absolute Gasteiger partial charge is 0.119 e. The number of ether oxygens (including phenoxy) is 1. The zero-order chi connectivity index (χ0) is 12.3. The van der Waals surface area contributed by atoms with E-state index in [4.69, 9.17) is 4.74 Å². The first-order chi connectivity index (χ1) is 8.19. The van der Waals surface area contributed by atoms with Gasteiger partial charge in [0.1, 0.15) is 5.75 Å². The second-order valence-corrected chi connectivity index (χ2v) is 4.77. The van der Waals surface area contributed by atoms with Crippen LogP contribution in [0.4, 0.5) is 0 Å². The van der Waals surface area contributed by atoms with Crippen molar-refractivity contribution in [3.05, 3.63) is 30.0 Å². The van der Waals surface area contributed by atoms with Crippen LogP contribution in [0.25, 0.3) is 10.9 Å². The first-order valence-corrected chi connectivity index (χ1v) is 6.05. The maximum absolute atomic E-state index is 5.21. The van der Waals surface area contributed by atoms with Gasteiger partial charge >= 0.3 is 0 Å². The van der Waals surface area contributed by atoms with Crippen LogP contribution < -0.4 is 10.1 Å². The lowest BCUT2D eigenvalue weighted by atomic mass is 10.2. The number of hydrogen-bond donors (Lipinski definition) is 2. The van der Waals surface area contributed by atoms with Crippen molar-refractivity contribution in [2.45, 2.75) is 20.4 Å². The maximum atomic E-state index is 5.21. The fourth-order valence-corrected chi connectivity index (χ4v) is 1.89. The van der Waals surface area contributed by atoms with E-state index < -0.39 is 0 Å². The molecular weight excluding hydrogens is 212 g/mol. The Morgan fingerprint density at radius 2 is 2.12 bits per heavy atom. The second-order valence-electron chi connectivity index (χ2n) is 4.77. The van der Waals surface area contributed by atoms with Crippen LogP contribution in [0.15, 0.2) is 24.3 Å². The van der Waals surface area contributed by atoms with E-state index in [1.807, 2.05) is 6.07 Å². The molecule has 1 aromatic carbocycles. The van der Waals surface area contributed by atoms with Crippen molar-refractivity contribution in [1.82, 2.24) is 10.3 Å². The van der Waals surface area contributed by atoms with Gasteiger partial charge in [0, 0.05) is 23.1 Å². The average molecular weight is 232 g/mol. The Hall–Kier alpha value is -1.48. The summed E-state index contributed by atoms with van der Waals surface area (Å²) in [6.07, 6.45) is 0. The summed E-state index contributed by atoms with van der Waals surface area (Å²) in [5, 5.41) is 4.63. The van der Waals surface area contributed by atoms with Gasteiger partial charge in [-0.1, -0.05) is 13.8 Å². The first kappa shape index (κ1) is 12.0. The van der Waals surface area contributed by atoms with Crippen molar-refractivity contribution in [3.8, 4) is 5.75 Å². The van der Waals surface area contributed by atoms with Crippen LogP contribution in [0.3, 0.4) is 0 Å². The standard InChI is InChI=1S/C14H20N2O/c1-10(2)8-15-9-12-6-11-7-13(17-3)4-5-14(11)16-12/h4-7,10,15-16H,8-9H2,1-3H3. The Kier molecular flexibility index (Phi) is 3.69. The lowest BCUT2D eigenvalue weighted by molar-refractivity contribution is 0.415. The van der Waals surface area contributed by atoms with E-state index in [2.05, 4.69) is 42.3 Å². The van der Waals surface area contributed by atoms with Crippen molar-refractivity contribution in [2.24, 2.45) is 5.92 Å². The number of rotatable bonds is 5. The van der Waals surface area contributed by atoms with Crippen LogP contribution in [-0.4, -0.2) is 18.6 Å². The largest absolute Gasteiger partial charge is 0.497 e. The van der Waals surface area contributed by atoms with Gasteiger partial charge in [-0.05, 0) is 36.7 Å². The lowest BCUT2D eigenvalue weighted by Gasteiger charge is -2.05. The number of H-pyrrole nitrogens is 1. The number of aromatic amines is 1. The third kappa shape index (κ3) is 3.01. The normalized spacial score (nSPS) is 11.3. The lowest BCUT2D eigenvalue weighted by Crippen LogP contribution is -2.18. The number of fused-ring (bicyclic) bond motifs is 1. The van der Waals surface area contributed by atoms with E-state index >= 15 is 0 Å². The zero-order valence-corrected chi connectivity index (χ0v) is 10.7. The summed E-state index contributed by atoms with van der Waals surface area (Å²) < 4.78 is 5.21. The first-order valence-electron chi connectivity index (χ1n) is 6.05. The van der Waals surface area contributed by atoms with Gasteiger partial charge < -0.3 is 15.0 Å². The summed E-state index contributed by atoms with van der Waals surface area (Å²) in [4.78, 5) is 3.40. The maximum Gasteiger partial charge on any atom is 0.119 e. The van der Waals surface area contributed by atoms with Crippen LogP contribution in [-0.2, 0) is 6.54 Å². The molecule has 0 amide bonds. The molecule has 0 spiro atoms. The van der Waals surface area contributed by atoms with Gasteiger partial charge in [-0.15, -0.1) is 0 Å². The monoisotopic (exact) mass is 232 g/mol. The van der Waals surface area contributed by atoms with Crippen LogP contribution in [0.2, 0.25) is 0 Å². The topological polar surface area (TPSA) is 37.0 Å². The van der Waals surface area contributed by atoms with E-state index in [0.29, 0.717) is 5.92 Å². The number of nitrogens with one attached hydrogen (secondary N) is 2. The Labute approximate surface area is 102 Å². The van der Waals surface area contributed by atoms with Gasteiger partial charge in [0.25, 0.3) is 0 Å². The summed E-state index contributed by atoms with van der Waals surface area (Å²) in [7, 11) is 1.69. The molecule has 0 aliphatic carbocycles. The predicted octanol–water partition coefficient (Wildman–Crippen LogP) is 2.92. The molecule has 92 valence electrons. The zero-order valence-electron chi connectivity index (χ0n) is 10.7. The van der Waals surface area contributed by atoms with Crippen molar-refractivity contribution in [1.29, 1.82) is 0 Å². The minimum atomic E-state index is 0.680. The van der Waals surface area contributed by atoms with E-state index in [1.165, 1.54) is 11.1 Å². The van der Waals surface area contributed by atoms with Crippen LogP contribution in [0.5, 0.6) is 5.75 Å². The number of benzene rings is 1. The molecule has 0 saturated heterocycles. The van der Waals surface area contributed by atoms with E-state index in [0.717, 1.165) is 24.4 Å². The summed E-state index contributed by atoms with van der Waals surface area (Å²) in [6.45, 7) is 6.35. The van der Waals surface area contributed by atoms with Crippen molar-refractivity contribution < 1.29 is 4.74 Å². The molecule has 17 heavy (non-hydrogen) atoms. The predicted molar refractivity (Wildman–Crippen MR) is 71.4 cm³/mol. The van der Waals surface area contributed by atoms with Gasteiger partial charge in [0.2, 0.25) is 0 Å². The molecule has 0 atom stereocenters. The van der Waals surface area contributed by atoms with Crippen molar-refractivity contribution >= 4 is 10.9 Å². The highest BCUT2D eigenvalue weighted by atomic mass is 16.5. The van der Waals surface area contributed by atoms with E-state index in [-0.39, 0.29) is 0 Å². The second kappa shape index (κ2) is 5.23. The van der Waals surface area contributed by atoms with Gasteiger partial charge in [0.15, 0.2) is 0 Å². The third-order valence-corrected chi connectivity index (χ3v) is 2.75. The Morgan fingerprint density at radius 1 is 1.29 bits per heavy atom. The SMILES string of the molecule is COc1ccc2[nH]c(CNCC(C)C)cc2c1. The fourth-order valence-electron chi connectivity index (χ4n) is 1.89. The Bertz CT molecular complexity index is 488. The Balaban J connectivity index is 2.09. The highest BCUT2D eigenvalue weighted by Crippen LogP contribution is 2.21. The summed E-state index contributed by atoms with van der Waals surface area (Å²) >= 11 is 0. The molecule has 0 bridgehead atoms. The molecule has 3 nitrogen and oxygen atoms in total. The van der Waals surface area contributed by atoms with Crippen molar-refractivity contribution in [2.75, 3.05) is 13.7 Å². The molecule has 0 aliphatic rings. The molecule has 2 N–H and O–H groups in total. The highest BCUT2D eigenvalue weighted by molar-refractivity contribution is 5.81. The quantitative estimate of drug-likeness (QED) is 0.831. The van der Waals surface area contributed by atoms with Crippen LogP contribution in [0, 0.1) is 5.92 Å². The van der Waals surface area contributed by atoms with E-state index in [1.54, 1.807) is 7.11 Å². The molecule has 0 fully saturated rings. The molecule has 1 heterocycles. The summed E-state index contributed by atoms with van der Waals surface area (Å²) in [5.74, 6) is 1.58. The molecule has 2 rings (SSSR count). The summed E-state index contributed by atoms with van der Waals surface area (Å²) in [6, 6.07) is 8.26. The van der Waals surface area contributed by atoms with Gasteiger partial charge in [-0.2, -0.15) is 0 Å². The number of hydrogen-bond acceptors (Lipinski definition) is 2. The molecule has 0 radical (unpaired) electrons. The fraction of sp³-hybridized carbons (Fsp3) is 0.429. The third-order valence-electron chi connectivity index (χ3n) is 2.75. The van der Waals surface area contributed by atoms with Crippen molar-refractivity contribution in [3.63, 3.8) is 0 Å². The van der Waals surface area contributed by atoms with E-state index in [9.17, 15) is 0 Å². The minimum absolute atomic E-state index is 0.680. The van der Waals surface area contributed by atoms with Crippen LogP contribution in [0.1, 0.15) is 19.5 Å². The summed E-state index contributed by atoms with van der Waals surface area (Å²) in [5.41, 5.74) is 2.38. The molecule has 0 aliphatic heterocycles. The Morgan fingerprint density at radius 3 is 2.82 bits per heavy atom. The van der Waals surface area contributed by atoms with Crippen LogP contribution >= 0.6 is 0 Å². The molecule has 0 saturated carbocycles. The average Bonchev–Trinajstić information content (AvgIpc) is 2.69. The highest BCUT2D eigenvalue weighted by Gasteiger charge is 2.02. The van der Waals surface area contributed by atoms with Gasteiger partial charge in [-0.3, -0.25) is 0 Å². The van der Waals surface area contributed by atoms with Gasteiger partial charge in [0.05, 0.1) is 7.11 Å².